The maximum absolute atomic E-state index is 10.6. The standard InChI is InChI=1S/C12H10N2O3/c1-2-4-12(15)11(8-13)9-5-3-6-10(7-9)14(16)17/h1,3,5-7,11-12,15H,4H2. The molecule has 5 heteroatoms. The van der Waals surface area contributed by atoms with Crippen molar-refractivity contribution in [2.75, 3.05) is 0 Å². The average Bonchev–Trinajstić information content (AvgIpc) is 2.30. The van der Waals surface area contributed by atoms with Gasteiger partial charge in [-0.25, -0.2) is 0 Å². The molecule has 86 valence electrons. The number of hydrogen-bond acceptors (Lipinski definition) is 4. The zero-order valence-electron chi connectivity index (χ0n) is 8.91. The lowest BCUT2D eigenvalue weighted by molar-refractivity contribution is -0.384. The van der Waals surface area contributed by atoms with E-state index in [9.17, 15) is 15.2 Å². The number of nitro groups is 1. The van der Waals surface area contributed by atoms with Crippen LogP contribution in [0.15, 0.2) is 24.3 Å². The minimum Gasteiger partial charge on any atom is -0.390 e. The third-order valence-corrected chi connectivity index (χ3v) is 2.29. The van der Waals surface area contributed by atoms with Gasteiger partial charge in [0.2, 0.25) is 0 Å². The van der Waals surface area contributed by atoms with E-state index >= 15 is 0 Å². The summed E-state index contributed by atoms with van der Waals surface area (Å²) in [6, 6.07) is 7.53. The zero-order valence-corrected chi connectivity index (χ0v) is 8.91. The summed E-state index contributed by atoms with van der Waals surface area (Å²) in [5.74, 6) is 1.40. The van der Waals surface area contributed by atoms with Crippen LogP contribution in [0.25, 0.3) is 0 Å². The van der Waals surface area contributed by atoms with Gasteiger partial charge in [0, 0.05) is 18.6 Å². The first-order valence-corrected chi connectivity index (χ1v) is 4.85. The van der Waals surface area contributed by atoms with Crippen LogP contribution in [0.5, 0.6) is 0 Å². The number of nitrogens with zero attached hydrogens (tertiary/aromatic N) is 2. The number of hydrogen-bond donors (Lipinski definition) is 1. The molecule has 1 N–H and O–H groups in total. The van der Waals surface area contributed by atoms with Gasteiger partial charge in [-0.15, -0.1) is 12.3 Å². The summed E-state index contributed by atoms with van der Waals surface area (Å²) in [4.78, 5) is 10.0. The highest BCUT2D eigenvalue weighted by Gasteiger charge is 2.21. The Hall–Kier alpha value is -2.37. The van der Waals surface area contributed by atoms with Crippen molar-refractivity contribution in [3.05, 3.63) is 39.9 Å². The molecule has 0 saturated carbocycles. The molecule has 5 nitrogen and oxygen atoms in total. The molecule has 0 amide bonds. The Labute approximate surface area is 98.5 Å². The van der Waals surface area contributed by atoms with Crippen molar-refractivity contribution in [3.8, 4) is 18.4 Å². The van der Waals surface area contributed by atoms with Crippen LogP contribution in [-0.4, -0.2) is 16.1 Å². The number of aliphatic hydroxyl groups is 1. The van der Waals surface area contributed by atoms with Crippen LogP contribution in [0.1, 0.15) is 17.9 Å². The van der Waals surface area contributed by atoms with E-state index in [1.54, 1.807) is 6.07 Å². The fraction of sp³-hybridized carbons (Fsp3) is 0.250. The quantitative estimate of drug-likeness (QED) is 0.483. The predicted octanol–water partition coefficient (Wildman–Crippen LogP) is 1.59. The van der Waals surface area contributed by atoms with Gasteiger partial charge in [0.05, 0.1) is 23.0 Å². The van der Waals surface area contributed by atoms with E-state index < -0.39 is 16.9 Å². The van der Waals surface area contributed by atoms with Gasteiger partial charge in [-0.2, -0.15) is 5.26 Å². The number of nitro benzene ring substituents is 1. The van der Waals surface area contributed by atoms with Crippen molar-refractivity contribution < 1.29 is 10.0 Å². The normalized spacial score (nSPS) is 13.1. The molecule has 1 rings (SSSR count). The SMILES string of the molecule is C#CCC(O)C(C#N)c1cccc([N+](=O)[O-])c1. The third-order valence-electron chi connectivity index (χ3n) is 2.29. The van der Waals surface area contributed by atoms with Gasteiger partial charge < -0.3 is 5.11 Å². The Morgan fingerprint density at radius 1 is 1.59 bits per heavy atom. The van der Waals surface area contributed by atoms with Crippen molar-refractivity contribution in [2.45, 2.75) is 18.4 Å². The second kappa shape index (κ2) is 5.64. The second-order valence-corrected chi connectivity index (χ2v) is 3.43. The highest BCUT2D eigenvalue weighted by Crippen LogP contribution is 2.24. The van der Waals surface area contributed by atoms with Gasteiger partial charge in [-0.05, 0) is 5.56 Å². The third kappa shape index (κ3) is 3.04. The van der Waals surface area contributed by atoms with Crippen LogP contribution < -0.4 is 0 Å². The van der Waals surface area contributed by atoms with E-state index in [4.69, 9.17) is 11.7 Å². The van der Waals surface area contributed by atoms with Crippen LogP contribution in [-0.2, 0) is 0 Å². The molecule has 0 heterocycles. The lowest BCUT2D eigenvalue weighted by Gasteiger charge is -2.14. The number of nitriles is 1. The molecule has 0 aliphatic carbocycles. The minimum atomic E-state index is -1.02. The molecule has 0 aliphatic heterocycles. The topological polar surface area (TPSA) is 87.2 Å². The number of terminal acetylenes is 1. The zero-order chi connectivity index (χ0) is 12.8. The Kier molecular flexibility index (Phi) is 4.21. The molecule has 0 bridgehead atoms. The highest BCUT2D eigenvalue weighted by molar-refractivity contribution is 5.38. The Balaban J connectivity index is 3.05. The van der Waals surface area contributed by atoms with Crippen molar-refractivity contribution in [3.63, 3.8) is 0 Å². The van der Waals surface area contributed by atoms with Crippen LogP contribution in [0.4, 0.5) is 5.69 Å². The number of rotatable bonds is 4. The van der Waals surface area contributed by atoms with Gasteiger partial charge in [-0.1, -0.05) is 12.1 Å². The van der Waals surface area contributed by atoms with Gasteiger partial charge in [-0.3, -0.25) is 10.1 Å². The Morgan fingerprint density at radius 2 is 2.29 bits per heavy atom. The molecular weight excluding hydrogens is 220 g/mol. The van der Waals surface area contributed by atoms with Gasteiger partial charge >= 0.3 is 0 Å². The fourth-order valence-corrected chi connectivity index (χ4v) is 1.45. The van der Waals surface area contributed by atoms with Crippen LogP contribution in [0.3, 0.4) is 0 Å². The van der Waals surface area contributed by atoms with Crippen LogP contribution in [0, 0.1) is 33.8 Å². The Bertz CT molecular complexity index is 499. The molecule has 0 aliphatic rings. The summed E-state index contributed by atoms with van der Waals surface area (Å²) in [7, 11) is 0. The van der Waals surface area contributed by atoms with Gasteiger partial charge in [0.1, 0.15) is 0 Å². The Morgan fingerprint density at radius 3 is 2.82 bits per heavy atom. The number of non-ortho nitro benzene ring substituents is 1. The lowest BCUT2D eigenvalue weighted by atomic mass is 9.93. The second-order valence-electron chi connectivity index (χ2n) is 3.43. The maximum Gasteiger partial charge on any atom is 0.269 e. The first-order valence-electron chi connectivity index (χ1n) is 4.85. The molecule has 17 heavy (non-hydrogen) atoms. The maximum atomic E-state index is 10.6. The molecule has 0 fully saturated rings. The predicted molar refractivity (Wildman–Crippen MR) is 60.9 cm³/mol. The molecule has 0 saturated heterocycles. The first-order chi connectivity index (χ1) is 8.10. The molecule has 0 aromatic heterocycles. The monoisotopic (exact) mass is 230 g/mol. The van der Waals surface area contributed by atoms with Crippen molar-refractivity contribution in [1.29, 1.82) is 5.26 Å². The minimum absolute atomic E-state index is 0.0287. The van der Waals surface area contributed by atoms with Crippen molar-refractivity contribution in [1.82, 2.24) is 0 Å². The smallest absolute Gasteiger partial charge is 0.269 e. The van der Waals surface area contributed by atoms with Crippen LogP contribution >= 0.6 is 0 Å². The van der Waals surface area contributed by atoms with E-state index in [2.05, 4.69) is 5.92 Å². The van der Waals surface area contributed by atoms with Crippen LogP contribution in [0.2, 0.25) is 0 Å². The summed E-state index contributed by atoms with van der Waals surface area (Å²) < 4.78 is 0. The number of benzene rings is 1. The first kappa shape index (κ1) is 12.7. The molecular formula is C12H10N2O3. The fourth-order valence-electron chi connectivity index (χ4n) is 1.45. The average molecular weight is 230 g/mol. The molecule has 2 atom stereocenters. The van der Waals surface area contributed by atoms with Crippen molar-refractivity contribution in [2.24, 2.45) is 0 Å². The van der Waals surface area contributed by atoms with Crippen molar-refractivity contribution >= 4 is 5.69 Å². The van der Waals surface area contributed by atoms with E-state index in [1.165, 1.54) is 18.2 Å². The van der Waals surface area contributed by atoms with E-state index in [0.29, 0.717) is 5.56 Å². The highest BCUT2D eigenvalue weighted by atomic mass is 16.6. The van der Waals surface area contributed by atoms with E-state index in [0.717, 1.165) is 0 Å². The molecule has 1 aromatic rings. The number of aliphatic hydroxyl groups excluding tert-OH is 1. The largest absolute Gasteiger partial charge is 0.390 e. The molecule has 0 spiro atoms. The summed E-state index contributed by atoms with van der Waals surface area (Å²) in [5.41, 5.74) is 0.278. The lowest BCUT2D eigenvalue weighted by Crippen LogP contribution is -2.16. The molecule has 0 radical (unpaired) electrons. The molecule has 1 aromatic carbocycles. The van der Waals surface area contributed by atoms with E-state index in [1.807, 2.05) is 6.07 Å². The van der Waals surface area contributed by atoms with E-state index in [-0.39, 0.29) is 12.1 Å². The van der Waals surface area contributed by atoms with Gasteiger partial charge in [0.25, 0.3) is 5.69 Å². The van der Waals surface area contributed by atoms with Gasteiger partial charge in [0.15, 0.2) is 0 Å². The molecule has 2 unspecified atom stereocenters. The summed E-state index contributed by atoms with van der Waals surface area (Å²) in [6.45, 7) is 0. The summed E-state index contributed by atoms with van der Waals surface area (Å²) in [6.07, 6.45) is 4.06. The summed E-state index contributed by atoms with van der Waals surface area (Å²) >= 11 is 0. The summed E-state index contributed by atoms with van der Waals surface area (Å²) in [5, 5.41) is 29.2.